The van der Waals surface area contributed by atoms with E-state index < -0.39 is 17.8 Å². The third kappa shape index (κ3) is 5.37. The highest BCUT2D eigenvalue weighted by molar-refractivity contribution is 5.39. The lowest BCUT2D eigenvalue weighted by Gasteiger charge is -2.44. The molecule has 0 heterocycles. The molecule has 0 aromatic carbocycles. The summed E-state index contributed by atoms with van der Waals surface area (Å²) < 4.78 is 0. The number of aliphatic hydroxyl groups is 3. The minimum atomic E-state index is -0.648. The van der Waals surface area contributed by atoms with Gasteiger partial charge in [0.25, 0.3) is 0 Å². The molecular weight excluding hydrogens is 384 g/mol. The first kappa shape index (κ1) is 24.7. The van der Waals surface area contributed by atoms with Gasteiger partial charge >= 0.3 is 0 Å². The van der Waals surface area contributed by atoms with Crippen molar-refractivity contribution in [3.63, 3.8) is 0 Å². The lowest BCUT2D eigenvalue weighted by molar-refractivity contribution is 0.0283. The van der Waals surface area contributed by atoms with Crippen LogP contribution in [-0.4, -0.2) is 33.1 Å². The monoisotopic (exact) mass is 430 g/mol. The van der Waals surface area contributed by atoms with Gasteiger partial charge in [-0.3, -0.25) is 0 Å². The van der Waals surface area contributed by atoms with Crippen molar-refractivity contribution in [3.05, 3.63) is 35.5 Å². The molecule has 31 heavy (non-hydrogen) atoms. The maximum Gasteiger partial charge on any atom is 0.0837 e. The van der Waals surface area contributed by atoms with E-state index >= 15 is 0 Å². The minimum Gasteiger partial charge on any atom is -0.392 e. The third-order valence-electron chi connectivity index (χ3n) is 8.97. The Morgan fingerprint density at radius 2 is 1.94 bits per heavy atom. The van der Waals surface area contributed by atoms with Crippen LogP contribution in [0.2, 0.25) is 0 Å². The molecule has 0 aromatic heterocycles. The molecule has 3 nitrogen and oxygen atoms in total. The van der Waals surface area contributed by atoms with Crippen molar-refractivity contribution in [3.8, 4) is 0 Å². The van der Waals surface area contributed by atoms with Crippen LogP contribution in [0.25, 0.3) is 0 Å². The standard InChI is InChI=1S/C28H46O3/c1-18(9-7-15-27(4,5)31)23-13-14-24-21(10-8-16-28(23,24)6)11-12-22-17-25(29)20(3)26(30)19(22)2/h11-12,18,20,23-26,29-31H,2,7-10,13-17H2,1,3-6H3/b21-11+,22-12+/t18-,20-,23?,24?,25-,26+,28?/m1/s1. The van der Waals surface area contributed by atoms with Gasteiger partial charge in [0.05, 0.1) is 17.8 Å². The summed E-state index contributed by atoms with van der Waals surface area (Å²) >= 11 is 0. The number of fused-ring (bicyclic) bond motifs is 1. The molecule has 3 rings (SSSR count). The lowest BCUT2D eigenvalue weighted by Crippen LogP contribution is -2.36. The molecule has 3 heteroatoms. The quantitative estimate of drug-likeness (QED) is 0.488. The molecule has 176 valence electrons. The van der Waals surface area contributed by atoms with Crippen molar-refractivity contribution in [2.45, 2.75) is 110 Å². The van der Waals surface area contributed by atoms with Gasteiger partial charge < -0.3 is 15.3 Å². The summed E-state index contributed by atoms with van der Waals surface area (Å²) in [4.78, 5) is 0. The largest absolute Gasteiger partial charge is 0.392 e. The predicted octanol–water partition coefficient (Wildman–Crippen LogP) is 5.95. The highest BCUT2D eigenvalue weighted by Gasteiger charge is 2.50. The van der Waals surface area contributed by atoms with Gasteiger partial charge in [-0.25, -0.2) is 0 Å². The second kappa shape index (κ2) is 9.53. The SMILES string of the molecule is C=C1/C(=C/C=C2\CCCC3(C)C2CCC3[C@H](C)CCCC(C)(C)O)C[C@@H](O)[C@@H](C)[C@H]1O. The summed E-state index contributed by atoms with van der Waals surface area (Å²) in [6, 6.07) is 0. The molecule has 3 saturated carbocycles. The topological polar surface area (TPSA) is 60.7 Å². The second-order valence-corrected chi connectivity index (χ2v) is 11.8. The Kier molecular flexibility index (Phi) is 7.61. The van der Waals surface area contributed by atoms with E-state index in [9.17, 15) is 15.3 Å². The van der Waals surface area contributed by atoms with Gasteiger partial charge in [0.1, 0.15) is 0 Å². The van der Waals surface area contributed by atoms with Crippen LogP contribution in [0.4, 0.5) is 0 Å². The first-order valence-corrected chi connectivity index (χ1v) is 12.6. The van der Waals surface area contributed by atoms with E-state index in [1.807, 2.05) is 20.8 Å². The second-order valence-electron chi connectivity index (χ2n) is 11.8. The maximum atomic E-state index is 10.4. The summed E-state index contributed by atoms with van der Waals surface area (Å²) in [5, 5.41) is 30.7. The number of allylic oxidation sites excluding steroid dienone is 3. The Morgan fingerprint density at radius 3 is 2.61 bits per heavy atom. The number of aliphatic hydroxyl groups excluding tert-OH is 2. The Bertz CT molecular complexity index is 712. The fourth-order valence-corrected chi connectivity index (χ4v) is 6.91. The van der Waals surface area contributed by atoms with Crippen molar-refractivity contribution in [2.75, 3.05) is 0 Å². The smallest absolute Gasteiger partial charge is 0.0837 e. The van der Waals surface area contributed by atoms with Crippen molar-refractivity contribution in [1.82, 2.24) is 0 Å². The van der Waals surface area contributed by atoms with Crippen LogP contribution in [-0.2, 0) is 0 Å². The number of hydrogen-bond donors (Lipinski definition) is 3. The van der Waals surface area contributed by atoms with E-state index in [-0.39, 0.29) is 5.92 Å². The van der Waals surface area contributed by atoms with Crippen LogP contribution in [0.15, 0.2) is 35.5 Å². The predicted molar refractivity (Wildman–Crippen MR) is 129 cm³/mol. The molecular formula is C28H46O3. The van der Waals surface area contributed by atoms with Crippen LogP contribution in [0.3, 0.4) is 0 Å². The first-order valence-electron chi connectivity index (χ1n) is 12.6. The zero-order chi connectivity index (χ0) is 23.0. The van der Waals surface area contributed by atoms with Gasteiger partial charge in [-0.1, -0.05) is 57.9 Å². The highest BCUT2D eigenvalue weighted by atomic mass is 16.3. The van der Waals surface area contributed by atoms with E-state index in [0.29, 0.717) is 23.7 Å². The van der Waals surface area contributed by atoms with Gasteiger partial charge in [0.2, 0.25) is 0 Å². The molecule has 3 N–H and O–H groups in total. The molecule has 0 aliphatic heterocycles. The third-order valence-corrected chi connectivity index (χ3v) is 8.97. The van der Waals surface area contributed by atoms with Crippen molar-refractivity contribution in [1.29, 1.82) is 0 Å². The van der Waals surface area contributed by atoms with Crippen molar-refractivity contribution >= 4 is 0 Å². The molecule has 7 atom stereocenters. The number of hydrogen-bond acceptors (Lipinski definition) is 3. The summed E-state index contributed by atoms with van der Waals surface area (Å²) in [5.41, 5.74) is 3.15. The minimum absolute atomic E-state index is 0.149. The summed E-state index contributed by atoms with van der Waals surface area (Å²) in [5.74, 6) is 1.94. The fraction of sp³-hybridized carbons (Fsp3) is 0.786. The van der Waals surface area contributed by atoms with E-state index in [1.165, 1.54) is 32.1 Å². The Labute approximate surface area is 190 Å². The van der Waals surface area contributed by atoms with Gasteiger partial charge in [-0.15, -0.1) is 0 Å². The average molecular weight is 431 g/mol. The Morgan fingerprint density at radius 1 is 1.23 bits per heavy atom. The van der Waals surface area contributed by atoms with Crippen molar-refractivity contribution in [2.24, 2.45) is 29.1 Å². The first-order chi connectivity index (χ1) is 14.4. The molecule has 0 radical (unpaired) electrons. The zero-order valence-corrected chi connectivity index (χ0v) is 20.5. The van der Waals surface area contributed by atoms with Gasteiger partial charge in [0, 0.05) is 5.92 Å². The van der Waals surface area contributed by atoms with Gasteiger partial charge in [-0.2, -0.15) is 0 Å². The van der Waals surface area contributed by atoms with Crippen LogP contribution in [0, 0.1) is 29.1 Å². The molecule has 0 bridgehead atoms. The van der Waals surface area contributed by atoms with Crippen LogP contribution >= 0.6 is 0 Å². The molecule has 3 aliphatic carbocycles. The van der Waals surface area contributed by atoms with Gasteiger partial charge in [0.15, 0.2) is 0 Å². The van der Waals surface area contributed by atoms with E-state index in [0.717, 1.165) is 36.3 Å². The lowest BCUT2D eigenvalue weighted by atomic mass is 9.60. The summed E-state index contributed by atoms with van der Waals surface area (Å²) in [6.45, 7) is 14.8. The maximum absolute atomic E-state index is 10.4. The fourth-order valence-electron chi connectivity index (χ4n) is 6.91. The normalized spacial score (nSPS) is 40.4. The van der Waals surface area contributed by atoms with E-state index in [4.69, 9.17) is 0 Å². The summed E-state index contributed by atoms with van der Waals surface area (Å²) in [7, 11) is 0. The molecule has 3 aliphatic rings. The Balaban J connectivity index is 1.71. The molecule has 0 amide bonds. The van der Waals surface area contributed by atoms with Gasteiger partial charge in [-0.05, 0) is 93.1 Å². The Hall–Kier alpha value is -0.900. The van der Waals surface area contributed by atoms with Crippen LogP contribution < -0.4 is 0 Å². The zero-order valence-electron chi connectivity index (χ0n) is 20.5. The van der Waals surface area contributed by atoms with E-state index in [2.05, 4.69) is 32.6 Å². The molecule has 0 aromatic rings. The van der Waals surface area contributed by atoms with Crippen LogP contribution in [0.1, 0.15) is 92.4 Å². The number of rotatable bonds is 6. The summed E-state index contributed by atoms with van der Waals surface area (Å²) in [6.07, 6.45) is 13.4. The molecule has 3 fully saturated rings. The van der Waals surface area contributed by atoms with E-state index in [1.54, 1.807) is 5.57 Å². The molecule has 3 unspecified atom stereocenters. The van der Waals surface area contributed by atoms with Crippen LogP contribution in [0.5, 0.6) is 0 Å². The molecule has 0 saturated heterocycles. The van der Waals surface area contributed by atoms with Crippen molar-refractivity contribution < 1.29 is 15.3 Å². The highest BCUT2D eigenvalue weighted by Crippen LogP contribution is 2.60. The molecule has 0 spiro atoms. The average Bonchev–Trinajstić information content (AvgIpc) is 3.04.